The molecule has 6 aromatic rings. The van der Waals surface area contributed by atoms with Crippen molar-refractivity contribution in [1.29, 1.82) is 0 Å². The lowest BCUT2D eigenvalue weighted by Crippen LogP contribution is -2.56. The molecule has 0 saturated carbocycles. The van der Waals surface area contributed by atoms with Crippen molar-refractivity contribution in [2.24, 2.45) is 16.8 Å². The Morgan fingerprint density at radius 3 is 2.47 bits per heavy atom. The van der Waals surface area contributed by atoms with E-state index >= 15 is 0 Å². The minimum absolute atomic E-state index is 0.125. The molecule has 0 radical (unpaired) electrons. The number of hydrogen-bond acceptors (Lipinski definition) is 10. The number of phenols is 2. The van der Waals surface area contributed by atoms with Crippen molar-refractivity contribution >= 4 is 49.3 Å². The van der Waals surface area contributed by atoms with E-state index in [1.807, 2.05) is 52.2 Å². The van der Waals surface area contributed by atoms with Gasteiger partial charge >= 0.3 is 0 Å². The van der Waals surface area contributed by atoms with Gasteiger partial charge in [0.05, 0.1) is 62.9 Å². The van der Waals surface area contributed by atoms with Crippen molar-refractivity contribution in [2.45, 2.75) is 72.0 Å². The maximum atomic E-state index is 14.0. The number of phenolic OH excluding ortho intramolecular Hbond substituents is 2. The molecule has 8 rings (SSSR count). The molecule has 2 N–H and O–H groups in total. The lowest BCUT2D eigenvalue weighted by molar-refractivity contribution is -0.950. The molecule has 11 nitrogen and oxygen atoms in total. The zero-order chi connectivity index (χ0) is 41.0. The highest BCUT2D eigenvalue weighted by molar-refractivity contribution is 7.21. The Labute approximate surface area is 342 Å². The van der Waals surface area contributed by atoms with E-state index in [1.54, 1.807) is 30.1 Å². The minimum atomic E-state index is -0.146. The van der Waals surface area contributed by atoms with Gasteiger partial charge in [-0.3, -0.25) is 19.5 Å². The van der Waals surface area contributed by atoms with Crippen molar-refractivity contribution in [3.8, 4) is 22.1 Å². The zero-order valence-electron chi connectivity index (χ0n) is 34.6. The van der Waals surface area contributed by atoms with Gasteiger partial charge in [-0.1, -0.05) is 19.1 Å². The Hall–Kier alpha value is -5.04. The molecule has 3 aromatic heterocycles. The molecule has 2 fully saturated rings. The molecule has 3 aromatic carbocycles. The first-order valence-corrected chi connectivity index (χ1v) is 21.3. The number of para-hydroxylation sites is 1. The van der Waals surface area contributed by atoms with Crippen LogP contribution in [0.25, 0.3) is 42.7 Å². The molecule has 3 atom stereocenters. The number of aromatic nitrogens is 1. The molecule has 0 amide bonds. The van der Waals surface area contributed by atoms with Crippen LogP contribution in [0.15, 0.2) is 72.1 Å². The summed E-state index contributed by atoms with van der Waals surface area (Å²) in [5, 5.41) is 24.2. The van der Waals surface area contributed by atoms with Crippen molar-refractivity contribution in [1.82, 2.24) is 14.8 Å². The number of benzene rings is 3. The number of amidine groups is 1. The van der Waals surface area contributed by atoms with Gasteiger partial charge in [0.2, 0.25) is 10.9 Å². The largest absolute Gasteiger partial charge is 0.507 e. The number of hydrogen-bond donors (Lipinski definition) is 2. The number of thiazole rings is 1. The van der Waals surface area contributed by atoms with Gasteiger partial charge in [0.1, 0.15) is 46.5 Å². The fraction of sp³-hybridized carbons (Fsp3) is 0.435. The number of likely N-dealkylation sites (tertiary alicyclic amines) is 2. The highest BCUT2D eigenvalue weighted by atomic mass is 32.1. The molecule has 12 heteroatoms. The number of piperidine rings is 2. The van der Waals surface area contributed by atoms with E-state index in [-0.39, 0.29) is 22.4 Å². The van der Waals surface area contributed by atoms with Gasteiger partial charge in [-0.15, -0.1) is 11.3 Å². The maximum Gasteiger partial charge on any atom is 0.203 e. The number of aromatic hydroxyl groups is 2. The zero-order valence-corrected chi connectivity index (χ0v) is 35.4. The van der Waals surface area contributed by atoms with Crippen LogP contribution in [0.2, 0.25) is 0 Å². The van der Waals surface area contributed by atoms with Crippen LogP contribution in [0.3, 0.4) is 0 Å². The molecule has 58 heavy (non-hydrogen) atoms. The topological polar surface area (TPSA) is 133 Å². The summed E-state index contributed by atoms with van der Waals surface area (Å²) in [7, 11) is 7.63. The summed E-state index contributed by atoms with van der Waals surface area (Å²) in [5.41, 5.74) is 4.46. The standard InChI is InChI=1S/C46H53N5O6S/c1-8-28-22-32-41(54)35(45(47-4)49(5)6)25-56-43(32)33(40(28)53)23-50-18-15-29(16-19-50)30-17-20-51(7,26(2)21-30)24-34-37(52)14-13-31-42(55)39(27(3)57-44(31)34)46-48-36-11-9-10-12-38(36)58-46/h9-14,22,25-26,29-30H,8,15-21,23-24H2,1-7H3,(H-,52,53,54,55)/p+1. The first-order valence-electron chi connectivity index (χ1n) is 20.5. The van der Waals surface area contributed by atoms with Crippen LogP contribution in [-0.2, 0) is 19.5 Å². The van der Waals surface area contributed by atoms with Crippen molar-refractivity contribution in [3.05, 3.63) is 97.2 Å². The molecular formula is C46H54N5O6S+. The van der Waals surface area contributed by atoms with E-state index in [1.165, 1.54) is 17.6 Å². The number of aliphatic imine (C=N–C) groups is 1. The SMILES string of the molecule is CCc1cc2c(=O)c(C(=NC)N(C)C)coc2c(CN2CCC(C3CC[N+](C)(Cc4c(O)ccc5c(=O)c(-c6nc7ccccc7s6)c(C)oc45)C(C)C3)CC2)c1O. The van der Waals surface area contributed by atoms with E-state index < -0.39 is 0 Å². The van der Waals surface area contributed by atoms with Crippen molar-refractivity contribution in [2.75, 3.05) is 47.8 Å². The Balaban J connectivity index is 0.964. The first-order chi connectivity index (χ1) is 27.8. The Morgan fingerprint density at radius 1 is 1.02 bits per heavy atom. The molecule has 0 aliphatic carbocycles. The van der Waals surface area contributed by atoms with Crippen LogP contribution in [0.1, 0.15) is 67.5 Å². The quantitative estimate of drug-likeness (QED) is 0.0891. The third-order valence-electron chi connectivity index (χ3n) is 13.2. The van der Waals surface area contributed by atoms with Crippen LogP contribution in [0.5, 0.6) is 11.5 Å². The summed E-state index contributed by atoms with van der Waals surface area (Å²) in [6.45, 7) is 9.94. The van der Waals surface area contributed by atoms with E-state index in [2.05, 4.69) is 23.9 Å². The summed E-state index contributed by atoms with van der Waals surface area (Å²) in [4.78, 5) is 41.0. The Bertz CT molecular complexity index is 2660. The van der Waals surface area contributed by atoms with Gasteiger partial charge in [0.15, 0.2) is 5.58 Å². The highest BCUT2D eigenvalue weighted by Gasteiger charge is 2.41. The Kier molecular flexibility index (Phi) is 10.7. The summed E-state index contributed by atoms with van der Waals surface area (Å²) in [5.74, 6) is 2.59. The predicted octanol–water partition coefficient (Wildman–Crippen LogP) is 8.05. The van der Waals surface area contributed by atoms with Crippen LogP contribution < -0.4 is 10.9 Å². The second kappa shape index (κ2) is 15.6. The average Bonchev–Trinajstić information content (AvgIpc) is 3.63. The number of rotatable bonds is 8. The molecule has 3 unspecified atom stereocenters. The van der Waals surface area contributed by atoms with Crippen LogP contribution in [-0.4, -0.2) is 89.2 Å². The predicted molar refractivity (Wildman–Crippen MR) is 232 cm³/mol. The monoisotopic (exact) mass is 804 g/mol. The van der Waals surface area contributed by atoms with Gasteiger partial charge in [-0.25, -0.2) is 4.98 Å². The Morgan fingerprint density at radius 2 is 1.78 bits per heavy atom. The minimum Gasteiger partial charge on any atom is -0.507 e. The smallest absolute Gasteiger partial charge is 0.203 e. The third-order valence-corrected chi connectivity index (χ3v) is 14.3. The van der Waals surface area contributed by atoms with Crippen LogP contribution in [0, 0.1) is 18.8 Å². The van der Waals surface area contributed by atoms with Crippen molar-refractivity contribution < 1.29 is 23.5 Å². The molecule has 0 bridgehead atoms. The molecule has 2 saturated heterocycles. The van der Waals surface area contributed by atoms with Crippen LogP contribution in [0.4, 0.5) is 0 Å². The fourth-order valence-electron chi connectivity index (χ4n) is 9.64. The lowest BCUT2D eigenvalue weighted by atomic mass is 9.76. The van der Waals surface area contributed by atoms with E-state index in [0.29, 0.717) is 98.2 Å². The molecule has 0 spiro atoms. The van der Waals surface area contributed by atoms with E-state index in [9.17, 15) is 19.8 Å². The number of nitrogens with zero attached hydrogens (tertiary/aromatic N) is 5. The second-order valence-electron chi connectivity index (χ2n) is 16.9. The fourth-order valence-corrected chi connectivity index (χ4v) is 10.7. The average molecular weight is 805 g/mol. The number of aryl methyl sites for hydroxylation is 2. The summed E-state index contributed by atoms with van der Waals surface area (Å²) in [6, 6.07) is 13.3. The summed E-state index contributed by atoms with van der Waals surface area (Å²) in [6.07, 6.45) is 6.35. The van der Waals surface area contributed by atoms with Gasteiger partial charge in [-0.2, -0.15) is 0 Å². The summed E-state index contributed by atoms with van der Waals surface area (Å²) >= 11 is 1.48. The van der Waals surface area contributed by atoms with Gasteiger partial charge in [0, 0.05) is 34.1 Å². The van der Waals surface area contributed by atoms with Gasteiger partial charge in [0.25, 0.3) is 0 Å². The molecule has 5 heterocycles. The number of fused-ring (bicyclic) bond motifs is 3. The molecule has 2 aliphatic heterocycles. The summed E-state index contributed by atoms with van der Waals surface area (Å²) < 4.78 is 14.4. The number of quaternary nitrogens is 1. The first kappa shape index (κ1) is 39.8. The molecule has 304 valence electrons. The van der Waals surface area contributed by atoms with Crippen molar-refractivity contribution in [3.63, 3.8) is 0 Å². The second-order valence-corrected chi connectivity index (χ2v) is 17.9. The van der Waals surface area contributed by atoms with Gasteiger partial charge in [-0.05, 0) is 100 Å². The normalized spacial score (nSPS) is 21.1. The third kappa shape index (κ3) is 6.98. The lowest BCUT2D eigenvalue weighted by Gasteiger charge is -2.48. The molecular weight excluding hydrogens is 751 g/mol. The highest BCUT2D eigenvalue weighted by Crippen LogP contribution is 2.41. The molecule has 2 aliphatic rings. The van der Waals surface area contributed by atoms with E-state index in [4.69, 9.17) is 13.8 Å². The van der Waals surface area contributed by atoms with Gasteiger partial charge < -0.3 is 28.4 Å². The van der Waals surface area contributed by atoms with Crippen LogP contribution >= 0.6 is 11.3 Å². The van der Waals surface area contributed by atoms with E-state index in [0.717, 1.165) is 65.6 Å². The maximum absolute atomic E-state index is 14.0.